The van der Waals surface area contributed by atoms with E-state index in [1.165, 1.54) is 11.1 Å². The Bertz CT molecular complexity index is 1600. The highest BCUT2D eigenvalue weighted by molar-refractivity contribution is 5.79. The predicted octanol–water partition coefficient (Wildman–Crippen LogP) is 6.52. The molecule has 0 spiro atoms. The van der Waals surface area contributed by atoms with Crippen LogP contribution in [-0.4, -0.2) is 34.7 Å². The molecular formula is C32H37N7O. The van der Waals surface area contributed by atoms with Gasteiger partial charge in [0, 0.05) is 29.2 Å². The van der Waals surface area contributed by atoms with E-state index in [9.17, 15) is 4.79 Å². The van der Waals surface area contributed by atoms with Gasteiger partial charge in [-0.05, 0) is 52.6 Å². The molecule has 5 rings (SSSR count). The molecule has 1 N–H and O–H groups in total. The number of unbranched alkanes of at least 4 members (excludes halogenated alkanes) is 1. The number of imidazole rings is 1. The van der Waals surface area contributed by atoms with Gasteiger partial charge in [-0.1, -0.05) is 89.6 Å². The molecular weight excluding hydrogens is 498 g/mol. The summed E-state index contributed by atoms with van der Waals surface area (Å²) in [5.41, 5.74) is 8.06. The highest BCUT2D eigenvalue weighted by Crippen LogP contribution is 2.31. The standard InChI is InChI=1S/C32H37N7O/c1-6-7-11-25-20-39(30-26(21(2)3)14-10-15-27(30)22(4)5)32(40)38(25)19-24-17-16-23(18-33-24)28-12-8-9-13-29(28)31-34-36-37-35-31/h8-10,12-18,20-22H,6-7,11,19H2,1-5H3,(H,34,35,36,37). The van der Waals surface area contributed by atoms with E-state index < -0.39 is 0 Å². The molecule has 0 unspecified atom stereocenters. The van der Waals surface area contributed by atoms with Crippen LogP contribution in [0, 0.1) is 0 Å². The smallest absolute Gasteiger partial charge is 0.290 e. The van der Waals surface area contributed by atoms with Gasteiger partial charge < -0.3 is 0 Å². The summed E-state index contributed by atoms with van der Waals surface area (Å²) >= 11 is 0. The number of aryl methyl sites for hydroxylation is 1. The fourth-order valence-corrected chi connectivity index (χ4v) is 5.25. The molecule has 2 aromatic carbocycles. The SMILES string of the molecule is CCCCc1cn(-c2c(C(C)C)cccc2C(C)C)c(=O)n1Cc1ccc(-c2ccccc2-c2nn[nH]n2)cn1. The van der Waals surface area contributed by atoms with E-state index >= 15 is 0 Å². The molecule has 5 aromatic rings. The summed E-state index contributed by atoms with van der Waals surface area (Å²) < 4.78 is 3.78. The van der Waals surface area contributed by atoms with Gasteiger partial charge in [-0.2, -0.15) is 5.21 Å². The van der Waals surface area contributed by atoms with Crippen LogP contribution in [0.1, 0.15) is 81.8 Å². The first-order valence-corrected chi connectivity index (χ1v) is 14.1. The zero-order valence-electron chi connectivity index (χ0n) is 23.9. The molecule has 0 amide bonds. The van der Waals surface area contributed by atoms with E-state index in [0.717, 1.165) is 53.0 Å². The molecule has 3 aromatic heterocycles. The average Bonchev–Trinajstić information content (AvgIpc) is 3.61. The number of para-hydroxylation sites is 1. The van der Waals surface area contributed by atoms with E-state index in [1.54, 1.807) is 0 Å². The molecule has 8 nitrogen and oxygen atoms in total. The molecule has 0 saturated carbocycles. The minimum atomic E-state index is -0.0190. The highest BCUT2D eigenvalue weighted by Gasteiger charge is 2.21. The largest absolute Gasteiger partial charge is 0.333 e. The fourth-order valence-electron chi connectivity index (χ4n) is 5.25. The number of aromatic amines is 1. The summed E-state index contributed by atoms with van der Waals surface area (Å²) in [4.78, 5) is 18.8. The van der Waals surface area contributed by atoms with Crippen molar-refractivity contribution in [3.8, 4) is 28.2 Å². The number of hydrogen-bond donors (Lipinski definition) is 1. The van der Waals surface area contributed by atoms with Gasteiger partial charge in [0.25, 0.3) is 0 Å². The number of aromatic nitrogens is 7. The zero-order valence-corrected chi connectivity index (χ0v) is 23.9. The molecule has 0 fully saturated rings. The van der Waals surface area contributed by atoms with Crippen molar-refractivity contribution < 1.29 is 0 Å². The summed E-state index contributed by atoms with van der Waals surface area (Å²) in [5.74, 6) is 1.13. The molecule has 206 valence electrons. The van der Waals surface area contributed by atoms with Crippen molar-refractivity contribution in [1.29, 1.82) is 0 Å². The number of H-pyrrole nitrogens is 1. The Balaban J connectivity index is 1.53. The lowest BCUT2D eigenvalue weighted by atomic mass is 9.92. The van der Waals surface area contributed by atoms with Crippen LogP contribution < -0.4 is 5.69 Å². The maximum atomic E-state index is 14.0. The second-order valence-corrected chi connectivity index (χ2v) is 10.9. The van der Waals surface area contributed by atoms with Crippen molar-refractivity contribution in [2.75, 3.05) is 0 Å². The van der Waals surface area contributed by atoms with E-state index in [4.69, 9.17) is 4.98 Å². The number of benzene rings is 2. The van der Waals surface area contributed by atoms with Crippen LogP contribution >= 0.6 is 0 Å². The minimum absolute atomic E-state index is 0.0190. The molecule has 0 aliphatic rings. The summed E-state index contributed by atoms with van der Waals surface area (Å²) in [6.45, 7) is 11.3. The lowest BCUT2D eigenvalue weighted by Gasteiger charge is -2.19. The van der Waals surface area contributed by atoms with Crippen molar-refractivity contribution in [2.24, 2.45) is 0 Å². The summed E-state index contributed by atoms with van der Waals surface area (Å²) in [5, 5.41) is 14.5. The number of rotatable bonds is 10. The second kappa shape index (κ2) is 11.8. The van der Waals surface area contributed by atoms with Crippen LogP contribution in [0.5, 0.6) is 0 Å². The maximum Gasteiger partial charge on any atom is 0.333 e. The molecule has 40 heavy (non-hydrogen) atoms. The third-order valence-corrected chi connectivity index (χ3v) is 7.40. The molecule has 0 atom stereocenters. The number of hydrogen-bond acceptors (Lipinski definition) is 5. The fraction of sp³-hybridized carbons (Fsp3) is 0.344. The normalized spacial score (nSPS) is 11.6. The lowest BCUT2D eigenvalue weighted by molar-refractivity contribution is 0.662. The van der Waals surface area contributed by atoms with Gasteiger partial charge >= 0.3 is 5.69 Å². The number of nitrogens with one attached hydrogen (secondary N) is 1. The van der Waals surface area contributed by atoms with Crippen molar-refractivity contribution in [3.05, 3.63) is 100.0 Å². The van der Waals surface area contributed by atoms with Gasteiger partial charge in [0.15, 0.2) is 0 Å². The van der Waals surface area contributed by atoms with Crippen LogP contribution in [-0.2, 0) is 13.0 Å². The Morgan fingerprint density at radius 2 is 1.62 bits per heavy atom. The average molecular weight is 536 g/mol. The molecule has 0 saturated heterocycles. The summed E-state index contributed by atoms with van der Waals surface area (Å²) in [6.07, 6.45) is 6.83. The van der Waals surface area contributed by atoms with Gasteiger partial charge in [-0.25, -0.2) is 4.79 Å². The Morgan fingerprint density at radius 1 is 0.900 bits per heavy atom. The lowest BCUT2D eigenvalue weighted by Crippen LogP contribution is -2.26. The summed E-state index contributed by atoms with van der Waals surface area (Å²) in [6, 6.07) is 18.4. The van der Waals surface area contributed by atoms with E-state index in [2.05, 4.69) is 79.6 Å². The van der Waals surface area contributed by atoms with Gasteiger partial charge in [0.05, 0.1) is 17.9 Å². The first-order valence-electron chi connectivity index (χ1n) is 14.1. The van der Waals surface area contributed by atoms with E-state index in [1.807, 2.05) is 51.7 Å². The van der Waals surface area contributed by atoms with E-state index in [0.29, 0.717) is 24.2 Å². The van der Waals surface area contributed by atoms with Crippen molar-refractivity contribution in [1.82, 2.24) is 34.7 Å². The van der Waals surface area contributed by atoms with Crippen LogP contribution in [0.2, 0.25) is 0 Å². The topological polar surface area (TPSA) is 94.3 Å². The third-order valence-electron chi connectivity index (χ3n) is 7.40. The molecule has 0 aliphatic heterocycles. The monoisotopic (exact) mass is 535 g/mol. The maximum absolute atomic E-state index is 14.0. The van der Waals surface area contributed by atoms with Gasteiger partial charge in [-0.3, -0.25) is 14.1 Å². The van der Waals surface area contributed by atoms with Crippen molar-refractivity contribution in [2.45, 2.75) is 72.3 Å². The molecule has 0 aliphatic carbocycles. The highest BCUT2D eigenvalue weighted by atomic mass is 16.1. The Labute approximate surface area is 235 Å². The number of pyridine rings is 1. The number of tetrazole rings is 1. The van der Waals surface area contributed by atoms with Crippen molar-refractivity contribution in [3.63, 3.8) is 0 Å². The van der Waals surface area contributed by atoms with Gasteiger partial charge in [-0.15, -0.1) is 10.2 Å². The van der Waals surface area contributed by atoms with Crippen molar-refractivity contribution >= 4 is 0 Å². The van der Waals surface area contributed by atoms with E-state index in [-0.39, 0.29) is 5.69 Å². The second-order valence-electron chi connectivity index (χ2n) is 10.9. The Kier molecular flexibility index (Phi) is 8.05. The van der Waals surface area contributed by atoms with Gasteiger partial charge in [0.2, 0.25) is 5.82 Å². The molecule has 8 heteroatoms. The quantitative estimate of drug-likeness (QED) is 0.220. The van der Waals surface area contributed by atoms with Crippen LogP contribution in [0.4, 0.5) is 0 Å². The van der Waals surface area contributed by atoms with Gasteiger partial charge in [0.1, 0.15) is 0 Å². The molecule has 3 heterocycles. The Hall–Kier alpha value is -4.33. The first-order chi connectivity index (χ1) is 19.4. The van der Waals surface area contributed by atoms with Crippen LogP contribution in [0.25, 0.3) is 28.2 Å². The zero-order chi connectivity index (χ0) is 28.2. The summed E-state index contributed by atoms with van der Waals surface area (Å²) in [7, 11) is 0. The number of nitrogens with zero attached hydrogens (tertiary/aromatic N) is 6. The third kappa shape index (κ3) is 5.39. The Morgan fingerprint density at radius 3 is 2.23 bits per heavy atom. The first kappa shape index (κ1) is 27.2. The minimum Gasteiger partial charge on any atom is -0.290 e. The van der Waals surface area contributed by atoms with Crippen LogP contribution in [0.15, 0.2) is 71.8 Å². The molecule has 0 bridgehead atoms. The molecule has 0 radical (unpaired) electrons. The predicted molar refractivity (Wildman–Crippen MR) is 159 cm³/mol. The van der Waals surface area contributed by atoms with Crippen LogP contribution in [0.3, 0.4) is 0 Å².